The molecule has 0 N–H and O–H groups in total. The third-order valence-corrected chi connectivity index (χ3v) is 8.66. The molecule has 0 heterocycles. The van der Waals surface area contributed by atoms with Crippen molar-refractivity contribution in [1.29, 1.82) is 0 Å². The Balaban J connectivity index is 1.34. The quantitative estimate of drug-likeness (QED) is 0.339. The molecule has 184 valence electrons. The predicted molar refractivity (Wildman–Crippen MR) is 141 cm³/mol. The van der Waals surface area contributed by atoms with Crippen LogP contribution in [0, 0.1) is 23.6 Å². The number of carbonyl (C=O) groups is 1. The first-order chi connectivity index (χ1) is 16.6. The van der Waals surface area contributed by atoms with Gasteiger partial charge in [-0.05, 0) is 79.4 Å². The maximum absolute atomic E-state index is 15.1. The van der Waals surface area contributed by atoms with Gasteiger partial charge in [0.05, 0.1) is 0 Å². The Bertz CT molecular complexity index is 915. The normalized spacial score (nSPS) is 25.3. The van der Waals surface area contributed by atoms with Crippen LogP contribution < -0.4 is 0 Å². The van der Waals surface area contributed by atoms with Crippen molar-refractivity contribution >= 4 is 5.78 Å². The molecule has 0 aromatic heterocycles. The van der Waals surface area contributed by atoms with Crippen LogP contribution in [0.3, 0.4) is 0 Å². The van der Waals surface area contributed by atoms with E-state index in [1.54, 1.807) is 6.07 Å². The van der Waals surface area contributed by atoms with Crippen molar-refractivity contribution in [1.82, 2.24) is 0 Å². The topological polar surface area (TPSA) is 17.1 Å². The highest BCUT2D eigenvalue weighted by atomic mass is 19.1. The maximum atomic E-state index is 15.1. The molecular formula is C32H43FO. The highest BCUT2D eigenvalue weighted by Crippen LogP contribution is 2.39. The summed E-state index contributed by atoms with van der Waals surface area (Å²) in [5, 5.41) is 0. The van der Waals surface area contributed by atoms with Gasteiger partial charge in [0.25, 0.3) is 0 Å². The molecule has 2 fully saturated rings. The summed E-state index contributed by atoms with van der Waals surface area (Å²) in [4.78, 5) is 12.8. The third kappa shape index (κ3) is 6.37. The predicted octanol–water partition coefficient (Wildman–Crippen LogP) is 9.75. The molecular weight excluding hydrogens is 419 g/mol. The van der Waals surface area contributed by atoms with Crippen LogP contribution in [0.2, 0.25) is 0 Å². The minimum absolute atomic E-state index is 0.143. The fourth-order valence-electron chi connectivity index (χ4n) is 6.56. The number of hydrogen-bond acceptors (Lipinski definition) is 1. The summed E-state index contributed by atoms with van der Waals surface area (Å²) < 4.78 is 15.1. The largest absolute Gasteiger partial charge is 0.294 e. The van der Waals surface area contributed by atoms with Gasteiger partial charge in [-0.25, -0.2) is 4.39 Å². The van der Waals surface area contributed by atoms with Crippen LogP contribution >= 0.6 is 0 Å². The molecule has 0 radical (unpaired) electrons. The zero-order chi connectivity index (χ0) is 23.9. The first-order valence-corrected chi connectivity index (χ1v) is 14.0. The van der Waals surface area contributed by atoms with Gasteiger partial charge in [0.2, 0.25) is 0 Å². The van der Waals surface area contributed by atoms with Gasteiger partial charge in [-0.1, -0.05) is 88.8 Å². The van der Waals surface area contributed by atoms with E-state index in [9.17, 15) is 4.79 Å². The zero-order valence-electron chi connectivity index (χ0n) is 21.3. The van der Waals surface area contributed by atoms with Gasteiger partial charge >= 0.3 is 0 Å². The number of hydrogen-bond donors (Lipinski definition) is 0. The molecule has 4 rings (SSSR count). The Kier molecular flexibility index (Phi) is 8.98. The molecule has 2 aliphatic rings. The SMILES string of the molecule is CCCC1CCC(CC(=O)c2ccc(-c3ccc(C4CCC(CCC)CC4)cc3F)cc2)CC1. The summed E-state index contributed by atoms with van der Waals surface area (Å²) in [7, 11) is 0. The van der Waals surface area contributed by atoms with Crippen LogP contribution in [0.15, 0.2) is 42.5 Å². The van der Waals surface area contributed by atoms with Crippen LogP contribution in [-0.4, -0.2) is 5.78 Å². The average Bonchev–Trinajstić information content (AvgIpc) is 2.86. The van der Waals surface area contributed by atoms with Crippen molar-refractivity contribution in [2.45, 2.75) is 103 Å². The van der Waals surface area contributed by atoms with Crippen molar-refractivity contribution in [2.75, 3.05) is 0 Å². The number of benzene rings is 2. The van der Waals surface area contributed by atoms with Crippen LogP contribution in [0.5, 0.6) is 0 Å². The minimum Gasteiger partial charge on any atom is -0.294 e. The Labute approximate surface area is 206 Å². The van der Waals surface area contributed by atoms with Crippen LogP contribution in [0.25, 0.3) is 11.1 Å². The molecule has 2 aromatic carbocycles. The van der Waals surface area contributed by atoms with Crippen molar-refractivity contribution in [3.63, 3.8) is 0 Å². The molecule has 0 bridgehead atoms. The molecule has 2 aromatic rings. The second-order valence-electron chi connectivity index (χ2n) is 11.1. The summed E-state index contributed by atoms with van der Waals surface area (Å²) in [5.74, 6) is 2.85. The summed E-state index contributed by atoms with van der Waals surface area (Å²) in [6.07, 6.45) is 15.7. The van der Waals surface area contributed by atoms with E-state index in [0.717, 1.165) is 28.5 Å². The van der Waals surface area contributed by atoms with Gasteiger partial charge < -0.3 is 0 Å². The van der Waals surface area contributed by atoms with Crippen molar-refractivity contribution in [3.8, 4) is 11.1 Å². The molecule has 34 heavy (non-hydrogen) atoms. The first kappa shape index (κ1) is 25.1. The number of Topliss-reactive ketones (excluding diaryl/α,β-unsaturated/α-hetero) is 1. The maximum Gasteiger partial charge on any atom is 0.163 e. The Morgan fingerprint density at radius 3 is 1.88 bits per heavy atom. The Morgan fingerprint density at radius 2 is 1.32 bits per heavy atom. The highest BCUT2D eigenvalue weighted by Gasteiger charge is 2.24. The number of carbonyl (C=O) groups excluding carboxylic acids is 1. The lowest BCUT2D eigenvalue weighted by Gasteiger charge is -2.28. The summed E-state index contributed by atoms with van der Waals surface area (Å²) in [6, 6.07) is 13.4. The van der Waals surface area contributed by atoms with Crippen LogP contribution in [-0.2, 0) is 0 Å². The summed E-state index contributed by atoms with van der Waals surface area (Å²) in [5.41, 5.74) is 3.40. The molecule has 0 amide bonds. The minimum atomic E-state index is -0.143. The van der Waals surface area contributed by atoms with Gasteiger partial charge in [0.1, 0.15) is 5.82 Å². The second-order valence-corrected chi connectivity index (χ2v) is 11.1. The monoisotopic (exact) mass is 462 g/mol. The van der Waals surface area contributed by atoms with Gasteiger partial charge in [0, 0.05) is 17.5 Å². The molecule has 2 saturated carbocycles. The summed E-state index contributed by atoms with van der Waals surface area (Å²) >= 11 is 0. The van der Waals surface area contributed by atoms with E-state index in [0.29, 0.717) is 23.8 Å². The third-order valence-electron chi connectivity index (χ3n) is 8.66. The lowest BCUT2D eigenvalue weighted by atomic mass is 9.77. The molecule has 2 aliphatic carbocycles. The van der Waals surface area contributed by atoms with E-state index < -0.39 is 0 Å². The van der Waals surface area contributed by atoms with Crippen molar-refractivity contribution < 1.29 is 9.18 Å². The first-order valence-electron chi connectivity index (χ1n) is 14.0. The number of rotatable bonds is 9. The average molecular weight is 463 g/mol. The van der Waals surface area contributed by atoms with Gasteiger partial charge in [-0.15, -0.1) is 0 Å². The lowest BCUT2D eigenvalue weighted by molar-refractivity contribution is 0.0942. The van der Waals surface area contributed by atoms with E-state index in [-0.39, 0.29) is 11.6 Å². The second kappa shape index (κ2) is 12.1. The Morgan fingerprint density at radius 1 is 0.765 bits per heavy atom. The Hall–Kier alpha value is -1.96. The highest BCUT2D eigenvalue weighted by molar-refractivity contribution is 5.96. The van der Waals surface area contributed by atoms with E-state index in [2.05, 4.69) is 19.9 Å². The number of ketones is 1. The van der Waals surface area contributed by atoms with E-state index in [1.165, 1.54) is 77.0 Å². The van der Waals surface area contributed by atoms with Crippen molar-refractivity contribution in [3.05, 3.63) is 59.4 Å². The molecule has 0 unspecified atom stereocenters. The smallest absolute Gasteiger partial charge is 0.163 e. The molecule has 0 atom stereocenters. The number of halogens is 1. The van der Waals surface area contributed by atoms with E-state index in [4.69, 9.17) is 0 Å². The molecule has 0 spiro atoms. The van der Waals surface area contributed by atoms with Gasteiger partial charge in [-0.3, -0.25) is 4.79 Å². The van der Waals surface area contributed by atoms with Crippen LogP contribution in [0.4, 0.5) is 4.39 Å². The fraction of sp³-hybridized carbons (Fsp3) is 0.594. The lowest BCUT2D eigenvalue weighted by Crippen LogP contribution is -2.17. The van der Waals surface area contributed by atoms with Gasteiger partial charge in [-0.2, -0.15) is 0 Å². The molecule has 1 nitrogen and oxygen atoms in total. The van der Waals surface area contributed by atoms with Gasteiger partial charge in [0.15, 0.2) is 5.78 Å². The zero-order valence-corrected chi connectivity index (χ0v) is 21.3. The molecule has 0 aliphatic heterocycles. The standard InChI is InChI=1S/C32H43FO/c1-3-5-23-7-9-25(10-8-23)21-32(34)28-17-15-27(16-18-28)30-20-19-29(22-31(30)33)26-13-11-24(6-4-2)12-14-26/h15-20,22-26H,3-14,21H2,1-2H3. The van der Waals surface area contributed by atoms with Crippen molar-refractivity contribution in [2.24, 2.45) is 17.8 Å². The fourth-order valence-corrected chi connectivity index (χ4v) is 6.56. The van der Waals surface area contributed by atoms with E-state index >= 15 is 4.39 Å². The van der Waals surface area contributed by atoms with E-state index in [1.807, 2.05) is 30.3 Å². The molecule has 2 heteroatoms. The molecule has 0 saturated heterocycles. The summed E-state index contributed by atoms with van der Waals surface area (Å²) in [6.45, 7) is 4.53. The van der Waals surface area contributed by atoms with Crippen LogP contribution in [0.1, 0.15) is 119 Å².